The van der Waals surface area contributed by atoms with Crippen molar-refractivity contribution < 1.29 is 18.3 Å². The van der Waals surface area contributed by atoms with Crippen LogP contribution in [0.4, 0.5) is 13.2 Å². The van der Waals surface area contributed by atoms with Gasteiger partial charge < -0.3 is 9.67 Å². The van der Waals surface area contributed by atoms with Gasteiger partial charge in [0.15, 0.2) is 0 Å². The molecule has 2 heterocycles. The van der Waals surface area contributed by atoms with Gasteiger partial charge in [-0.3, -0.25) is 0 Å². The molecule has 0 amide bonds. The molecule has 1 unspecified atom stereocenters. The molecule has 1 N–H and O–H groups in total. The van der Waals surface area contributed by atoms with E-state index in [1.165, 1.54) is 6.07 Å². The molecule has 0 radical (unpaired) electrons. The molecule has 0 fully saturated rings. The summed E-state index contributed by atoms with van der Waals surface area (Å²) in [6.07, 6.45) is -3.41. The highest BCUT2D eigenvalue weighted by Gasteiger charge is 2.30. The van der Waals surface area contributed by atoms with Gasteiger partial charge in [-0.15, -0.1) is 10.2 Å². The SMILES string of the molecule is OC1CCn2c(Cc3cccc(C(F)(F)F)c3)nnc2C1. The molecule has 0 saturated carbocycles. The van der Waals surface area contributed by atoms with Crippen LogP contribution in [0.5, 0.6) is 0 Å². The number of aromatic nitrogens is 3. The molecule has 1 atom stereocenters. The molecular formula is C14H14F3N3O. The first-order chi connectivity index (χ1) is 9.93. The molecule has 4 nitrogen and oxygen atoms in total. The van der Waals surface area contributed by atoms with Crippen LogP contribution in [-0.2, 0) is 25.6 Å². The maximum atomic E-state index is 12.7. The summed E-state index contributed by atoms with van der Waals surface area (Å²) in [7, 11) is 0. The third-order valence-electron chi connectivity index (χ3n) is 3.62. The van der Waals surface area contributed by atoms with Crippen molar-refractivity contribution in [3.05, 3.63) is 47.0 Å². The highest BCUT2D eigenvalue weighted by Crippen LogP contribution is 2.30. The van der Waals surface area contributed by atoms with Gasteiger partial charge in [0.2, 0.25) is 0 Å². The summed E-state index contributed by atoms with van der Waals surface area (Å²) in [6.45, 7) is 0.595. The monoisotopic (exact) mass is 297 g/mol. The average Bonchev–Trinajstić information content (AvgIpc) is 2.80. The van der Waals surface area contributed by atoms with E-state index in [2.05, 4.69) is 10.2 Å². The quantitative estimate of drug-likeness (QED) is 0.924. The van der Waals surface area contributed by atoms with Crippen LogP contribution in [0.1, 0.15) is 29.2 Å². The zero-order valence-corrected chi connectivity index (χ0v) is 11.1. The first-order valence-electron chi connectivity index (χ1n) is 6.68. The van der Waals surface area contributed by atoms with Gasteiger partial charge in [0.25, 0.3) is 0 Å². The fourth-order valence-electron chi connectivity index (χ4n) is 2.54. The van der Waals surface area contributed by atoms with E-state index in [0.717, 1.165) is 12.1 Å². The summed E-state index contributed by atoms with van der Waals surface area (Å²) in [6, 6.07) is 5.24. The van der Waals surface area contributed by atoms with Gasteiger partial charge >= 0.3 is 6.18 Å². The molecule has 0 aliphatic carbocycles. The Morgan fingerprint density at radius 2 is 2.10 bits per heavy atom. The van der Waals surface area contributed by atoms with Crippen molar-refractivity contribution in [3.63, 3.8) is 0 Å². The molecule has 1 aromatic heterocycles. The molecule has 112 valence electrons. The maximum Gasteiger partial charge on any atom is 0.416 e. The van der Waals surface area contributed by atoms with Crippen LogP contribution in [0, 0.1) is 0 Å². The molecular weight excluding hydrogens is 283 g/mol. The second-order valence-corrected chi connectivity index (χ2v) is 5.21. The van der Waals surface area contributed by atoms with E-state index in [9.17, 15) is 18.3 Å². The van der Waals surface area contributed by atoms with E-state index >= 15 is 0 Å². The summed E-state index contributed by atoms with van der Waals surface area (Å²) >= 11 is 0. The Balaban J connectivity index is 1.85. The highest BCUT2D eigenvalue weighted by molar-refractivity contribution is 5.28. The first kappa shape index (κ1) is 14.1. The lowest BCUT2D eigenvalue weighted by Gasteiger charge is -2.19. The second kappa shape index (κ2) is 5.14. The Morgan fingerprint density at radius 3 is 2.86 bits per heavy atom. The van der Waals surface area contributed by atoms with Gasteiger partial charge in [0.1, 0.15) is 11.6 Å². The molecule has 2 aromatic rings. The minimum atomic E-state index is -4.34. The second-order valence-electron chi connectivity index (χ2n) is 5.21. The van der Waals surface area contributed by atoms with Crippen molar-refractivity contribution >= 4 is 0 Å². The van der Waals surface area contributed by atoms with Crippen LogP contribution in [0.25, 0.3) is 0 Å². The van der Waals surface area contributed by atoms with Gasteiger partial charge in [-0.25, -0.2) is 0 Å². The lowest BCUT2D eigenvalue weighted by Crippen LogP contribution is -2.24. The summed E-state index contributed by atoms with van der Waals surface area (Å²) in [5.41, 5.74) is -0.111. The van der Waals surface area contributed by atoms with E-state index in [1.807, 2.05) is 4.57 Å². The standard InChI is InChI=1S/C14H14F3N3O/c15-14(16,17)10-3-1-2-9(6-10)7-12-18-19-13-8-11(21)4-5-20(12)13/h1-3,6,11,21H,4-5,7-8H2. The van der Waals surface area contributed by atoms with E-state index in [1.54, 1.807) is 6.07 Å². The van der Waals surface area contributed by atoms with E-state index in [0.29, 0.717) is 43.0 Å². The number of alkyl halides is 3. The number of benzene rings is 1. The van der Waals surface area contributed by atoms with Crippen molar-refractivity contribution in [2.24, 2.45) is 0 Å². The fraction of sp³-hybridized carbons (Fsp3) is 0.429. The minimum Gasteiger partial charge on any atom is -0.393 e. The Labute approximate surface area is 119 Å². The number of aliphatic hydroxyl groups is 1. The topological polar surface area (TPSA) is 50.9 Å². The molecule has 1 aromatic carbocycles. The van der Waals surface area contributed by atoms with Crippen molar-refractivity contribution in [2.75, 3.05) is 0 Å². The van der Waals surface area contributed by atoms with Gasteiger partial charge in [0.05, 0.1) is 11.7 Å². The zero-order chi connectivity index (χ0) is 15.0. The molecule has 0 bridgehead atoms. The molecule has 21 heavy (non-hydrogen) atoms. The lowest BCUT2D eigenvalue weighted by atomic mass is 10.1. The van der Waals surface area contributed by atoms with E-state index in [-0.39, 0.29) is 0 Å². The number of hydrogen-bond acceptors (Lipinski definition) is 3. The van der Waals surface area contributed by atoms with Crippen molar-refractivity contribution in [1.29, 1.82) is 0 Å². The average molecular weight is 297 g/mol. The molecule has 7 heteroatoms. The maximum absolute atomic E-state index is 12.7. The van der Waals surface area contributed by atoms with Gasteiger partial charge in [0, 0.05) is 19.4 Å². The molecule has 3 rings (SSSR count). The van der Waals surface area contributed by atoms with Crippen LogP contribution in [-0.4, -0.2) is 26.0 Å². The van der Waals surface area contributed by atoms with Crippen molar-refractivity contribution in [2.45, 2.75) is 38.1 Å². The van der Waals surface area contributed by atoms with Crippen LogP contribution in [0.2, 0.25) is 0 Å². The predicted molar refractivity (Wildman–Crippen MR) is 68.6 cm³/mol. The first-order valence-corrected chi connectivity index (χ1v) is 6.68. The molecule has 1 aliphatic heterocycles. The van der Waals surface area contributed by atoms with Crippen LogP contribution in [0.15, 0.2) is 24.3 Å². The van der Waals surface area contributed by atoms with E-state index in [4.69, 9.17) is 0 Å². The van der Waals surface area contributed by atoms with Gasteiger partial charge in [-0.1, -0.05) is 18.2 Å². The lowest BCUT2D eigenvalue weighted by molar-refractivity contribution is -0.137. The molecule has 0 saturated heterocycles. The normalized spacial score (nSPS) is 18.6. The fourth-order valence-corrected chi connectivity index (χ4v) is 2.54. The summed E-state index contributed by atoms with van der Waals surface area (Å²) < 4.78 is 40.0. The summed E-state index contributed by atoms with van der Waals surface area (Å²) in [5, 5.41) is 17.6. The smallest absolute Gasteiger partial charge is 0.393 e. The summed E-state index contributed by atoms with van der Waals surface area (Å²) in [5.74, 6) is 1.33. The number of nitrogens with zero attached hydrogens (tertiary/aromatic N) is 3. The number of hydrogen-bond donors (Lipinski definition) is 1. The van der Waals surface area contributed by atoms with Crippen LogP contribution >= 0.6 is 0 Å². The van der Waals surface area contributed by atoms with Crippen molar-refractivity contribution in [3.8, 4) is 0 Å². The largest absolute Gasteiger partial charge is 0.416 e. The Bertz CT molecular complexity index is 651. The Kier molecular flexibility index (Phi) is 3.44. The minimum absolute atomic E-state index is 0.299. The van der Waals surface area contributed by atoms with Crippen LogP contribution in [0.3, 0.4) is 0 Å². The molecule has 0 spiro atoms. The molecule has 1 aliphatic rings. The van der Waals surface area contributed by atoms with Crippen LogP contribution < -0.4 is 0 Å². The van der Waals surface area contributed by atoms with Crippen molar-refractivity contribution in [1.82, 2.24) is 14.8 Å². The predicted octanol–water partition coefficient (Wildman–Crippen LogP) is 2.19. The number of fused-ring (bicyclic) bond motifs is 1. The van der Waals surface area contributed by atoms with Gasteiger partial charge in [-0.05, 0) is 18.1 Å². The number of aliphatic hydroxyl groups excluding tert-OH is 1. The van der Waals surface area contributed by atoms with Gasteiger partial charge in [-0.2, -0.15) is 13.2 Å². The Morgan fingerprint density at radius 1 is 1.29 bits per heavy atom. The highest BCUT2D eigenvalue weighted by atomic mass is 19.4. The third kappa shape index (κ3) is 2.92. The zero-order valence-electron chi connectivity index (χ0n) is 11.1. The number of rotatable bonds is 2. The number of halogens is 3. The summed E-state index contributed by atoms with van der Waals surface area (Å²) in [4.78, 5) is 0. The Hall–Kier alpha value is -1.89. The van der Waals surface area contributed by atoms with E-state index < -0.39 is 17.8 Å². The third-order valence-corrected chi connectivity index (χ3v) is 3.62.